The summed E-state index contributed by atoms with van der Waals surface area (Å²) in [4.78, 5) is 6.70. The molecule has 1 aliphatic heterocycles. The maximum absolute atomic E-state index is 4.14. The van der Waals surface area contributed by atoms with Crippen LogP contribution in [0.25, 0.3) is 0 Å². The zero-order valence-corrected chi connectivity index (χ0v) is 11.4. The number of para-hydroxylation sites is 1. The molecule has 0 amide bonds. The fourth-order valence-electron chi connectivity index (χ4n) is 3.05. The molecular weight excluding hydrogens is 232 g/mol. The minimum absolute atomic E-state index is 0.483. The van der Waals surface area contributed by atoms with Crippen LogP contribution in [-0.4, -0.2) is 11.5 Å². The van der Waals surface area contributed by atoms with Crippen molar-refractivity contribution in [3.05, 3.63) is 59.9 Å². The van der Waals surface area contributed by atoms with E-state index >= 15 is 0 Å². The van der Waals surface area contributed by atoms with Crippen molar-refractivity contribution in [2.45, 2.75) is 32.2 Å². The molecule has 0 bridgehead atoms. The Morgan fingerprint density at radius 3 is 2.74 bits per heavy atom. The predicted molar refractivity (Wildman–Crippen MR) is 79.4 cm³/mol. The van der Waals surface area contributed by atoms with E-state index in [0.29, 0.717) is 6.04 Å². The lowest BCUT2D eigenvalue weighted by Gasteiger charge is -2.30. The zero-order chi connectivity index (χ0) is 13.1. The van der Waals surface area contributed by atoms with Crippen molar-refractivity contribution in [1.29, 1.82) is 0 Å². The first kappa shape index (κ1) is 12.2. The Bertz CT molecular complexity index is 536. The number of rotatable bonds is 4. The second-order valence-corrected chi connectivity index (χ2v) is 5.16. The molecule has 98 valence electrons. The molecule has 1 atom stereocenters. The molecule has 2 heteroatoms. The molecule has 1 aliphatic rings. The number of anilines is 1. The van der Waals surface area contributed by atoms with Gasteiger partial charge in [0.15, 0.2) is 0 Å². The summed E-state index contributed by atoms with van der Waals surface area (Å²) in [5.41, 5.74) is 4.28. The number of fused-ring (bicyclic) bond motifs is 1. The molecule has 2 aromatic rings. The lowest BCUT2D eigenvalue weighted by Crippen LogP contribution is -2.26. The van der Waals surface area contributed by atoms with Crippen molar-refractivity contribution in [3.63, 3.8) is 0 Å². The topological polar surface area (TPSA) is 16.1 Å². The molecular formula is C17H20N2. The molecule has 0 aliphatic carbocycles. The van der Waals surface area contributed by atoms with Gasteiger partial charge in [0.25, 0.3) is 0 Å². The van der Waals surface area contributed by atoms with Gasteiger partial charge in [-0.1, -0.05) is 31.5 Å². The van der Waals surface area contributed by atoms with Gasteiger partial charge in [0.05, 0.1) is 6.04 Å². The van der Waals surface area contributed by atoms with Gasteiger partial charge in [-0.15, -0.1) is 0 Å². The third kappa shape index (κ3) is 2.35. The van der Waals surface area contributed by atoms with Gasteiger partial charge >= 0.3 is 0 Å². The summed E-state index contributed by atoms with van der Waals surface area (Å²) in [7, 11) is 0. The van der Waals surface area contributed by atoms with Gasteiger partial charge in [-0.2, -0.15) is 0 Å². The van der Waals surface area contributed by atoms with Gasteiger partial charge in [-0.25, -0.2) is 0 Å². The van der Waals surface area contributed by atoms with Crippen molar-refractivity contribution in [3.8, 4) is 0 Å². The van der Waals surface area contributed by atoms with Crippen molar-refractivity contribution in [2.24, 2.45) is 0 Å². The Kier molecular flexibility index (Phi) is 3.49. The van der Waals surface area contributed by atoms with E-state index in [1.54, 1.807) is 0 Å². The van der Waals surface area contributed by atoms with Crippen molar-refractivity contribution < 1.29 is 0 Å². The van der Waals surface area contributed by atoms with E-state index in [4.69, 9.17) is 0 Å². The predicted octanol–water partition coefficient (Wildman–Crippen LogP) is 3.99. The zero-order valence-electron chi connectivity index (χ0n) is 11.4. The second kappa shape index (κ2) is 5.43. The van der Waals surface area contributed by atoms with E-state index in [2.05, 4.69) is 53.2 Å². The van der Waals surface area contributed by atoms with Gasteiger partial charge in [0, 0.05) is 24.6 Å². The molecule has 0 fully saturated rings. The van der Waals surface area contributed by atoms with Crippen LogP contribution in [0, 0.1) is 0 Å². The summed E-state index contributed by atoms with van der Waals surface area (Å²) >= 11 is 0. The van der Waals surface area contributed by atoms with E-state index in [-0.39, 0.29) is 0 Å². The third-order valence-corrected chi connectivity index (χ3v) is 3.95. The molecule has 0 N–H and O–H groups in total. The third-order valence-electron chi connectivity index (χ3n) is 3.95. The summed E-state index contributed by atoms with van der Waals surface area (Å²) in [5.74, 6) is 0. The van der Waals surface area contributed by atoms with Crippen molar-refractivity contribution in [2.75, 3.05) is 11.4 Å². The van der Waals surface area contributed by atoms with E-state index in [1.165, 1.54) is 36.1 Å². The normalized spacial score (nSPS) is 15.3. The molecule has 0 radical (unpaired) electrons. The van der Waals surface area contributed by atoms with Gasteiger partial charge < -0.3 is 4.90 Å². The van der Waals surface area contributed by atoms with Crippen LogP contribution in [0.4, 0.5) is 5.69 Å². The van der Waals surface area contributed by atoms with Crippen LogP contribution >= 0.6 is 0 Å². The summed E-state index contributed by atoms with van der Waals surface area (Å²) in [6.07, 6.45) is 7.37. The highest BCUT2D eigenvalue weighted by Gasteiger charge is 2.26. The average molecular weight is 252 g/mol. The summed E-state index contributed by atoms with van der Waals surface area (Å²) in [5, 5.41) is 0. The number of nitrogens with zero attached hydrogens (tertiary/aromatic N) is 2. The van der Waals surface area contributed by atoms with E-state index in [0.717, 1.165) is 6.54 Å². The van der Waals surface area contributed by atoms with E-state index < -0.39 is 0 Å². The monoisotopic (exact) mass is 252 g/mol. The van der Waals surface area contributed by atoms with Gasteiger partial charge in [-0.3, -0.25) is 4.98 Å². The fourth-order valence-corrected chi connectivity index (χ4v) is 3.05. The van der Waals surface area contributed by atoms with Gasteiger partial charge in [-0.05, 0) is 42.2 Å². The standard InChI is InChI=1S/C17H20N2/c1-2-5-16(15-8-11-18-12-9-15)19-13-10-14-6-3-4-7-17(14)19/h3-4,6-9,11-12,16H,2,5,10,13H2,1H3. The number of aromatic nitrogens is 1. The lowest BCUT2D eigenvalue weighted by molar-refractivity contribution is 0.580. The first-order valence-corrected chi connectivity index (χ1v) is 7.14. The molecule has 19 heavy (non-hydrogen) atoms. The highest BCUT2D eigenvalue weighted by Crippen LogP contribution is 2.36. The van der Waals surface area contributed by atoms with Crippen molar-refractivity contribution >= 4 is 5.69 Å². The Morgan fingerprint density at radius 1 is 1.16 bits per heavy atom. The van der Waals surface area contributed by atoms with Gasteiger partial charge in [0.1, 0.15) is 0 Å². The molecule has 2 heterocycles. The Morgan fingerprint density at radius 2 is 1.95 bits per heavy atom. The number of pyridine rings is 1. The average Bonchev–Trinajstić information content (AvgIpc) is 2.89. The molecule has 0 saturated carbocycles. The number of hydrogen-bond donors (Lipinski definition) is 0. The minimum atomic E-state index is 0.483. The van der Waals surface area contributed by atoms with E-state index in [1.807, 2.05) is 12.4 Å². The molecule has 1 aromatic carbocycles. The van der Waals surface area contributed by atoms with Crippen LogP contribution in [0.15, 0.2) is 48.8 Å². The van der Waals surface area contributed by atoms with E-state index in [9.17, 15) is 0 Å². The largest absolute Gasteiger partial charge is 0.364 e. The maximum Gasteiger partial charge on any atom is 0.0543 e. The molecule has 1 aromatic heterocycles. The number of hydrogen-bond acceptors (Lipinski definition) is 2. The van der Waals surface area contributed by atoms with Crippen LogP contribution in [-0.2, 0) is 6.42 Å². The second-order valence-electron chi connectivity index (χ2n) is 5.16. The Hall–Kier alpha value is -1.83. The first-order chi connectivity index (χ1) is 9.40. The molecule has 2 nitrogen and oxygen atoms in total. The molecule has 0 saturated heterocycles. The highest BCUT2D eigenvalue weighted by molar-refractivity contribution is 5.59. The number of benzene rings is 1. The molecule has 3 rings (SSSR count). The smallest absolute Gasteiger partial charge is 0.0543 e. The molecule has 0 spiro atoms. The minimum Gasteiger partial charge on any atom is -0.364 e. The van der Waals surface area contributed by atoms with Crippen LogP contribution in [0.1, 0.15) is 36.9 Å². The summed E-state index contributed by atoms with van der Waals surface area (Å²) < 4.78 is 0. The Labute approximate surface area is 115 Å². The maximum atomic E-state index is 4.14. The highest BCUT2D eigenvalue weighted by atomic mass is 15.2. The first-order valence-electron chi connectivity index (χ1n) is 7.14. The quantitative estimate of drug-likeness (QED) is 0.818. The molecule has 1 unspecified atom stereocenters. The summed E-state index contributed by atoms with van der Waals surface area (Å²) in [6.45, 7) is 3.39. The van der Waals surface area contributed by atoms with Crippen LogP contribution in [0.5, 0.6) is 0 Å². The SMILES string of the molecule is CCCC(c1ccncc1)N1CCc2ccccc21. The van der Waals surface area contributed by atoms with Crippen LogP contribution < -0.4 is 4.90 Å². The fraction of sp³-hybridized carbons (Fsp3) is 0.353. The summed E-state index contributed by atoms with van der Waals surface area (Å²) in [6, 6.07) is 13.6. The lowest BCUT2D eigenvalue weighted by atomic mass is 10.0. The van der Waals surface area contributed by atoms with Gasteiger partial charge in [0.2, 0.25) is 0 Å². The Balaban J connectivity index is 1.94. The van der Waals surface area contributed by atoms with Crippen LogP contribution in [0.2, 0.25) is 0 Å². The van der Waals surface area contributed by atoms with Crippen LogP contribution in [0.3, 0.4) is 0 Å². The van der Waals surface area contributed by atoms with Crippen molar-refractivity contribution in [1.82, 2.24) is 4.98 Å².